The number of anilines is 1. The van der Waals surface area contributed by atoms with E-state index in [0.29, 0.717) is 27.0 Å². The molecule has 0 bridgehead atoms. The number of hydrogen-bond acceptors (Lipinski definition) is 5. The minimum absolute atomic E-state index is 0.108. The van der Waals surface area contributed by atoms with Crippen molar-refractivity contribution in [2.75, 3.05) is 5.32 Å². The van der Waals surface area contributed by atoms with Gasteiger partial charge in [-0.05, 0) is 40.8 Å². The summed E-state index contributed by atoms with van der Waals surface area (Å²) in [4.78, 5) is 16.9. The number of amides is 1. The highest BCUT2D eigenvalue weighted by atomic mass is 35.5. The average Bonchev–Trinajstić information content (AvgIpc) is 3.46. The summed E-state index contributed by atoms with van der Waals surface area (Å²) in [5.74, 6) is -0.308. The summed E-state index contributed by atoms with van der Waals surface area (Å²) in [6.45, 7) is 0.489. The minimum Gasteiger partial charge on any atom is -0.288 e. The zero-order chi connectivity index (χ0) is 22.9. The molecule has 0 aliphatic rings. The quantitative estimate of drug-likeness (QED) is 0.394. The fraction of sp³-hybridized carbons (Fsp3) is 0.158. The second-order valence-corrected chi connectivity index (χ2v) is 8.41. The molecule has 3 heterocycles. The molecule has 32 heavy (non-hydrogen) atoms. The van der Waals surface area contributed by atoms with Gasteiger partial charge in [-0.15, -0.1) is 16.4 Å². The third-order valence-corrected chi connectivity index (χ3v) is 5.96. The Hall–Kier alpha value is -2.89. The second-order valence-electron chi connectivity index (χ2n) is 6.68. The van der Waals surface area contributed by atoms with Crippen LogP contribution in [0.4, 0.5) is 19.1 Å². The molecule has 0 saturated heterocycles. The van der Waals surface area contributed by atoms with Gasteiger partial charge >= 0.3 is 6.18 Å². The number of rotatable bonds is 6. The number of aromatic nitrogens is 5. The van der Waals surface area contributed by atoms with Crippen molar-refractivity contribution in [1.82, 2.24) is 24.5 Å². The maximum Gasteiger partial charge on any atom is 0.435 e. The first-order valence-corrected chi connectivity index (χ1v) is 10.6. The van der Waals surface area contributed by atoms with E-state index >= 15 is 0 Å². The Labute approximate surface area is 193 Å². The van der Waals surface area contributed by atoms with Crippen LogP contribution in [0.25, 0.3) is 0 Å². The Bertz CT molecular complexity index is 1270. The first-order chi connectivity index (χ1) is 15.2. The third kappa shape index (κ3) is 5.29. The van der Waals surface area contributed by atoms with Crippen molar-refractivity contribution < 1.29 is 18.0 Å². The van der Waals surface area contributed by atoms with Gasteiger partial charge in [0.1, 0.15) is 6.33 Å². The molecule has 1 N–H and O–H groups in total. The normalized spacial score (nSPS) is 11.7. The molecule has 0 aliphatic carbocycles. The Kier molecular flexibility index (Phi) is 6.22. The molecule has 0 unspecified atom stereocenters. The van der Waals surface area contributed by atoms with E-state index in [4.69, 9.17) is 23.2 Å². The Balaban J connectivity index is 1.37. The molecule has 3 aromatic heterocycles. The van der Waals surface area contributed by atoms with Crippen LogP contribution in [-0.4, -0.2) is 30.5 Å². The lowest BCUT2D eigenvalue weighted by Crippen LogP contribution is -2.12. The van der Waals surface area contributed by atoms with Crippen LogP contribution in [-0.2, 0) is 19.3 Å². The standard InChI is InChI=1S/C19H13Cl2F3N6OS/c20-13-2-1-11(5-14(13)21)7-30-10-25-18(28-30)26-17(31)15-6-12(9-32-15)8-29-4-3-16(27-29)19(22,23)24/h1-6,9-10H,7-8H2,(H,26,28,31). The number of nitrogens with one attached hydrogen (secondary N) is 1. The van der Waals surface area contributed by atoms with Crippen molar-refractivity contribution in [3.05, 3.63) is 80.0 Å². The van der Waals surface area contributed by atoms with Crippen molar-refractivity contribution >= 4 is 46.4 Å². The summed E-state index contributed by atoms with van der Waals surface area (Å²) >= 11 is 13.1. The lowest BCUT2D eigenvalue weighted by molar-refractivity contribution is -0.141. The zero-order valence-electron chi connectivity index (χ0n) is 16.0. The van der Waals surface area contributed by atoms with Gasteiger partial charge in [-0.2, -0.15) is 18.3 Å². The number of thiophene rings is 1. The zero-order valence-corrected chi connectivity index (χ0v) is 18.3. The Morgan fingerprint density at radius 1 is 1.03 bits per heavy atom. The van der Waals surface area contributed by atoms with E-state index in [1.807, 2.05) is 0 Å². The molecule has 0 fully saturated rings. The molecule has 0 spiro atoms. The number of alkyl halides is 3. The maximum absolute atomic E-state index is 12.7. The van der Waals surface area contributed by atoms with Crippen molar-refractivity contribution in [1.29, 1.82) is 0 Å². The largest absolute Gasteiger partial charge is 0.435 e. The van der Waals surface area contributed by atoms with Gasteiger partial charge in [0.25, 0.3) is 5.91 Å². The molecule has 7 nitrogen and oxygen atoms in total. The van der Waals surface area contributed by atoms with Crippen LogP contribution < -0.4 is 5.32 Å². The van der Waals surface area contributed by atoms with Crippen molar-refractivity contribution in [3.8, 4) is 0 Å². The maximum atomic E-state index is 12.7. The van der Waals surface area contributed by atoms with Gasteiger partial charge in [-0.3, -0.25) is 14.8 Å². The predicted octanol–water partition coefficient (Wildman–Crippen LogP) is 5.21. The molecule has 0 saturated carbocycles. The van der Waals surface area contributed by atoms with Crippen LogP contribution >= 0.6 is 34.5 Å². The van der Waals surface area contributed by atoms with Gasteiger partial charge in [0.15, 0.2) is 5.69 Å². The third-order valence-electron chi connectivity index (χ3n) is 4.24. The van der Waals surface area contributed by atoms with Gasteiger partial charge < -0.3 is 0 Å². The van der Waals surface area contributed by atoms with E-state index in [-0.39, 0.29) is 12.5 Å². The van der Waals surface area contributed by atoms with Crippen molar-refractivity contribution in [2.24, 2.45) is 0 Å². The number of carbonyl (C=O) groups is 1. The molecule has 1 aromatic carbocycles. The molecule has 4 rings (SSSR count). The first kappa shape index (κ1) is 22.3. The number of halogens is 5. The van der Waals surface area contributed by atoms with Gasteiger partial charge in [-0.25, -0.2) is 9.67 Å². The lowest BCUT2D eigenvalue weighted by atomic mass is 10.2. The van der Waals surface area contributed by atoms with Gasteiger partial charge in [0.05, 0.1) is 28.0 Å². The van der Waals surface area contributed by atoms with Crippen molar-refractivity contribution in [2.45, 2.75) is 19.3 Å². The van der Waals surface area contributed by atoms with Crippen LogP contribution in [0.15, 0.2) is 48.2 Å². The van der Waals surface area contributed by atoms with E-state index < -0.39 is 17.8 Å². The van der Waals surface area contributed by atoms with E-state index in [9.17, 15) is 18.0 Å². The molecule has 13 heteroatoms. The topological polar surface area (TPSA) is 77.6 Å². The number of nitrogens with zero attached hydrogens (tertiary/aromatic N) is 5. The molecule has 4 aromatic rings. The molecular formula is C19H13Cl2F3N6OS. The predicted molar refractivity (Wildman–Crippen MR) is 114 cm³/mol. The van der Waals surface area contributed by atoms with Crippen LogP contribution in [0.3, 0.4) is 0 Å². The van der Waals surface area contributed by atoms with Gasteiger partial charge in [0.2, 0.25) is 5.95 Å². The average molecular weight is 501 g/mol. The summed E-state index contributed by atoms with van der Waals surface area (Å²) in [6, 6.07) is 7.69. The van der Waals surface area contributed by atoms with Crippen LogP contribution in [0.5, 0.6) is 0 Å². The SMILES string of the molecule is O=C(Nc1ncn(Cc2ccc(Cl)c(Cl)c2)n1)c1cc(Cn2ccc(C(F)(F)F)n2)cs1. The number of benzene rings is 1. The fourth-order valence-corrected chi connectivity index (χ4v) is 3.90. The monoisotopic (exact) mass is 500 g/mol. The van der Waals surface area contributed by atoms with Crippen LogP contribution in [0.2, 0.25) is 10.0 Å². The van der Waals surface area contributed by atoms with E-state index in [1.165, 1.54) is 21.9 Å². The Morgan fingerprint density at radius 3 is 2.53 bits per heavy atom. The summed E-state index contributed by atoms with van der Waals surface area (Å²) in [5.41, 5.74) is 0.542. The lowest BCUT2D eigenvalue weighted by Gasteiger charge is -2.03. The molecular weight excluding hydrogens is 488 g/mol. The highest BCUT2D eigenvalue weighted by Crippen LogP contribution is 2.27. The van der Waals surface area contributed by atoms with Gasteiger partial charge in [-0.1, -0.05) is 29.3 Å². The summed E-state index contributed by atoms with van der Waals surface area (Å²) in [7, 11) is 0. The Morgan fingerprint density at radius 2 is 1.81 bits per heavy atom. The smallest absolute Gasteiger partial charge is 0.288 e. The summed E-state index contributed by atoms with van der Waals surface area (Å²) in [6.07, 6.45) is -1.79. The second kappa shape index (κ2) is 8.93. The van der Waals surface area contributed by atoms with E-state index in [0.717, 1.165) is 23.0 Å². The number of hydrogen-bond donors (Lipinski definition) is 1. The number of carbonyl (C=O) groups excluding carboxylic acids is 1. The fourth-order valence-electron chi connectivity index (χ4n) is 2.78. The minimum atomic E-state index is -4.50. The highest BCUT2D eigenvalue weighted by Gasteiger charge is 2.33. The highest BCUT2D eigenvalue weighted by molar-refractivity contribution is 7.12. The summed E-state index contributed by atoms with van der Waals surface area (Å²) in [5, 5.41) is 12.9. The molecule has 0 radical (unpaired) electrons. The van der Waals surface area contributed by atoms with Crippen LogP contribution in [0, 0.1) is 0 Å². The van der Waals surface area contributed by atoms with Gasteiger partial charge in [0, 0.05) is 6.20 Å². The molecule has 0 aliphatic heterocycles. The molecule has 0 atom stereocenters. The van der Waals surface area contributed by atoms with E-state index in [2.05, 4.69) is 20.5 Å². The van der Waals surface area contributed by atoms with Crippen LogP contribution in [0.1, 0.15) is 26.5 Å². The molecule has 166 valence electrons. The molecule has 1 amide bonds. The first-order valence-electron chi connectivity index (χ1n) is 9.00. The van der Waals surface area contributed by atoms with E-state index in [1.54, 1.807) is 29.6 Å². The summed E-state index contributed by atoms with van der Waals surface area (Å²) < 4.78 is 40.7. The van der Waals surface area contributed by atoms with Crippen molar-refractivity contribution in [3.63, 3.8) is 0 Å².